The molecule has 2 rings (SSSR count). The summed E-state index contributed by atoms with van der Waals surface area (Å²) >= 11 is 0. The Kier molecular flexibility index (Phi) is 7.79. The molecule has 0 N–H and O–H groups in total. The molecular formula is C20H20F6O3Si2. The molecular weight excluding hydrogens is 458 g/mol. The summed E-state index contributed by atoms with van der Waals surface area (Å²) in [5, 5.41) is 1.66. The van der Waals surface area contributed by atoms with Crippen LogP contribution in [-0.2, 0) is 4.12 Å². The highest BCUT2D eigenvalue weighted by molar-refractivity contribution is 6.96. The third-order valence-electron chi connectivity index (χ3n) is 4.32. The highest BCUT2D eigenvalue weighted by Crippen LogP contribution is 2.22. The van der Waals surface area contributed by atoms with Crippen LogP contribution in [0.25, 0.3) is 0 Å². The molecule has 2 aromatic rings. The van der Waals surface area contributed by atoms with Gasteiger partial charge < -0.3 is 13.6 Å². The summed E-state index contributed by atoms with van der Waals surface area (Å²) in [6.45, 7) is 7.78. The van der Waals surface area contributed by atoms with E-state index in [1.807, 2.05) is 26.2 Å². The molecule has 0 saturated carbocycles. The van der Waals surface area contributed by atoms with Gasteiger partial charge in [0.15, 0.2) is 0 Å². The molecule has 2 aromatic carbocycles. The molecule has 0 aliphatic rings. The molecule has 0 aliphatic heterocycles. The Bertz CT molecular complexity index is 886. The fraction of sp³-hybridized carbons (Fsp3) is 0.200. The van der Waals surface area contributed by atoms with Gasteiger partial charge in [-0.15, -0.1) is 0 Å². The highest BCUT2D eigenvalue weighted by atomic mass is 28.4. The minimum atomic E-state index is -2.54. The van der Waals surface area contributed by atoms with Gasteiger partial charge >= 0.3 is 24.2 Å². The maximum absolute atomic E-state index is 12.9. The Labute approximate surface area is 177 Å². The molecule has 0 unspecified atom stereocenters. The summed E-state index contributed by atoms with van der Waals surface area (Å²) in [5.41, 5.74) is 0. The Morgan fingerprint density at radius 2 is 0.839 bits per heavy atom. The lowest BCUT2D eigenvalue weighted by Gasteiger charge is -2.34. The lowest BCUT2D eigenvalue weighted by molar-refractivity contribution is 0.241. The van der Waals surface area contributed by atoms with Crippen LogP contribution in [-0.4, -0.2) is 16.6 Å². The SMILES string of the molecule is C[Si](C)(O[Si](C)(C)c1ccc(OC(F)=C(F)F)cc1)c1ccc(OC(F)=C(F)F)cc1. The molecule has 168 valence electrons. The molecule has 0 aromatic heterocycles. The predicted octanol–water partition coefficient (Wildman–Crippen LogP) is 6.06. The molecule has 3 nitrogen and oxygen atoms in total. The summed E-state index contributed by atoms with van der Waals surface area (Å²) in [6.07, 6.45) is -5.08. The third-order valence-corrected chi connectivity index (χ3v) is 11.9. The van der Waals surface area contributed by atoms with E-state index in [2.05, 4.69) is 9.47 Å². The van der Waals surface area contributed by atoms with Gasteiger partial charge in [0.05, 0.1) is 0 Å². The van der Waals surface area contributed by atoms with Crippen LogP contribution in [0.15, 0.2) is 72.7 Å². The van der Waals surface area contributed by atoms with Crippen LogP contribution < -0.4 is 19.8 Å². The lowest BCUT2D eigenvalue weighted by atomic mass is 10.3. The molecule has 0 bridgehead atoms. The molecule has 0 radical (unpaired) electrons. The zero-order valence-electron chi connectivity index (χ0n) is 17.1. The van der Waals surface area contributed by atoms with Gasteiger partial charge in [0.1, 0.15) is 11.5 Å². The van der Waals surface area contributed by atoms with E-state index >= 15 is 0 Å². The van der Waals surface area contributed by atoms with Gasteiger partial charge in [-0.1, -0.05) is 24.3 Å². The number of halogens is 6. The van der Waals surface area contributed by atoms with Crippen molar-refractivity contribution in [3.05, 3.63) is 72.7 Å². The zero-order chi connectivity index (χ0) is 23.4. The van der Waals surface area contributed by atoms with Crippen molar-refractivity contribution in [1.82, 2.24) is 0 Å². The summed E-state index contributed by atoms with van der Waals surface area (Å²) in [5.74, 6) is -0.145. The van der Waals surface area contributed by atoms with Crippen LogP contribution in [0.1, 0.15) is 0 Å². The second-order valence-electron chi connectivity index (χ2n) is 7.44. The lowest BCUT2D eigenvalue weighted by Crippen LogP contribution is -2.57. The van der Waals surface area contributed by atoms with E-state index in [1.54, 1.807) is 24.3 Å². The summed E-state index contributed by atoms with van der Waals surface area (Å²) in [6, 6.07) is 8.13. The summed E-state index contributed by atoms with van der Waals surface area (Å²) in [7, 11) is -4.97. The molecule has 0 aliphatic carbocycles. The van der Waals surface area contributed by atoms with Gasteiger partial charge in [0, 0.05) is 0 Å². The van der Waals surface area contributed by atoms with E-state index in [4.69, 9.17) is 4.12 Å². The van der Waals surface area contributed by atoms with E-state index in [1.165, 1.54) is 24.3 Å². The van der Waals surface area contributed by atoms with Crippen molar-refractivity contribution in [3.8, 4) is 11.5 Å². The van der Waals surface area contributed by atoms with Crippen LogP contribution in [0.2, 0.25) is 26.2 Å². The van der Waals surface area contributed by atoms with Crippen LogP contribution in [0, 0.1) is 0 Å². The summed E-state index contributed by atoms with van der Waals surface area (Å²) < 4.78 is 89.8. The minimum Gasteiger partial charge on any atom is -0.449 e. The first-order valence-electron chi connectivity index (χ1n) is 9.00. The topological polar surface area (TPSA) is 27.7 Å². The Morgan fingerprint density at radius 3 is 1.10 bits per heavy atom. The fourth-order valence-electron chi connectivity index (χ4n) is 2.89. The number of hydrogen-bond acceptors (Lipinski definition) is 3. The molecule has 0 heterocycles. The third kappa shape index (κ3) is 6.74. The largest absolute Gasteiger partial charge is 0.449 e. The molecule has 0 fully saturated rings. The predicted molar refractivity (Wildman–Crippen MR) is 110 cm³/mol. The monoisotopic (exact) mass is 478 g/mol. The number of benzene rings is 2. The molecule has 0 saturated heterocycles. The van der Waals surface area contributed by atoms with E-state index in [0.29, 0.717) is 0 Å². The van der Waals surface area contributed by atoms with Crippen molar-refractivity contribution >= 4 is 27.0 Å². The normalized spacial score (nSPS) is 11.7. The Hall–Kier alpha value is -2.51. The van der Waals surface area contributed by atoms with E-state index in [-0.39, 0.29) is 11.5 Å². The highest BCUT2D eigenvalue weighted by Gasteiger charge is 2.36. The average molecular weight is 479 g/mol. The molecule has 0 amide bonds. The van der Waals surface area contributed by atoms with Crippen molar-refractivity contribution in [1.29, 1.82) is 0 Å². The van der Waals surface area contributed by atoms with Crippen LogP contribution >= 0.6 is 0 Å². The first-order valence-corrected chi connectivity index (χ1v) is 14.8. The number of hydrogen-bond donors (Lipinski definition) is 0. The quantitative estimate of drug-likeness (QED) is 0.262. The Balaban J connectivity index is 2.15. The zero-order valence-corrected chi connectivity index (χ0v) is 19.1. The maximum atomic E-state index is 12.9. The molecule has 0 spiro atoms. The van der Waals surface area contributed by atoms with Crippen LogP contribution in [0.5, 0.6) is 11.5 Å². The van der Waals surface area contributed by atoms with Crippen molar-refractivity contribution in [2.75, 3.05) is 0 Å². The van der Waals surface area contributed by atoms with E-state index in [9.17, 15) is 26.3 Å². The van der Waals surface area contributed by atoms with Crippen LogP contribution in [0.3, 0.4) is 0 Å². The summed E-state index contributed by atoms with van der Waals surface area (Å²) in [4.78, 5) is 0. The maximum Gasteiger partial charge on any atom is 0.344 e. The fourth-order valence-corrected chi connectivity index (χ4v) is 10.9. The van der Waals surface area contributed by atoms with Gasteiger partial charge in [-0.05, 0) is 60.8 Å². The van der Waals surface area contributed by atoms with Gasteiger partial charge in [-0.25, -0.2) is 0 Å². The number of rotatable bonds is 8. The molecule has 11 heteroatoms. The Morgan fingerprint density at radius 1 is 0.548 bits per heavy atom. The van der Waals surface area contributed by atoms with Crippen molar-refractivity contribution in [2.24, 2.45) is 0 Å². The molecule has 31 heavy (non-hydrogen) atoms. The second kappa shape index (κ2) is 9.75. The minimum absolute atomic E-state index is 0.0723. The van der Waals surface area contributed by atoms with Crippen LogP contribution in [0.4, 0.5) is 26.3 Å². The first-order chi connectivity index (χ1) is 14.3. The average Bonchev–Trinajstić information content (AvgIpc) is 2.67. The van der Waals surface area contributed by atoms with Gasteiger partial charge in [0.25, 0.3) is 0 Å². The smallest absolute Gasteiger partial charge is 0.344 e. The second-order valence-corrected chi connectivity index (χ2v) is 15.5. The van der Waals surface area contributed by atoms with Crippen molar-refractivity contribution in [2.45, 2.75) is 26.2 Å². The van der Waals surface area contributed by atoms with Gasteiger partial charge in [-0.3, -0.25) is 0 Å². The van der Waals surface area contributed by atoms with E-state index < -0.39 is 40.8 Å². The standard InChI is InChI=1S/C20H20F6O3Si2/c1-30(2,15-9-5-13(6-10-15)27-19(25)17(21)22)29-31(3,4)16-11-7-14(8-12-16)28-20(26)18(23)24/h5-12H,1-4H3. The van der Waals surface area contributed by atoms with Gasteiger partial charge in [0.2, 0.25) is 16.6 Å². The first kappa shape index (κ1) is 24.8. The number of ether oxygens (including phenoxy) is 2. The van der Waals surface area contributed by atoms with Crippen molar-refractivity contribution in [3.63, 3.8) is 0 Å². The molecule has 0 atom stereocenters. The van der Waals surface area contributed by atoms with Crippen molar-refractivity contribution < 1.29 is 39.9 Å². The van der Waals surface area contributed by atoms with Gasteiger partial charge in [-0.2, -0.15) is 26.3 Å². The van der Waals surface area contributed by atoms with E-state index in [0.717, 1.165) is 10.4 Å².